The van der Waals surface area contributed by atoms with Gasteiger partial charge in [0.05, 0.1) is 21.3 Å². The molecule has 2 aromatic rings. The lowest BCUT2D eigenvalue weighted by molar-refractivity contribution is -0.169. The third kappa shape index (κ3) is 3.66. The lowest BCUT2D eigenvalue weighted by atomic mass is 9.76. The summed E-state index contributed by atoms with van der Waals surface area (Å²) in [5.74, 6) is -1.47. The van der Waals surface area contributed by atoms with Gasteiger partial charge in [-0.25, -0.2) is 0 Å². The molecule has 4 rings (SSSR count). The number of rotatable bonds is 5. The summed E-state index contributed by atoms with van der Waals surface area (Å²) < 4.78 is 21.5. The van der Waals surface area contributed by atoms with Crippen LogP contribution in [0.5, 0.6) is 0 Å². The Morgan fingerprint density at radius 3 is 1.97 bits per heavy atom. The highest BCUT2D eigenvalue weighted by Gasteiger charge is 2.66. The van der Waals surface area contributed by atoms with Crippen molar-refractivity contribution in [3.8, 4) is 0 Å². The first-order chi connectivity index (χ1) is 16.3. The van der Waals surface area contributed by atoms with E-state index in [1.165, 1.54) is 21.3 Å². The van der Waals surface area contributed by atoms with Gasteiger partial charge in [-0.15, -0.1) is 0 Å². The maximum absolute atomic E-state index is 13.4. The van der Waals surface area contributed by atoms with Crippen LogP contribution in [0.3, 0.4) is 0 Å². The Labute approximate surface area is 201 Å². The van der Waals surface area contributed by atoms with Crippen molar-refractivity contribution in [2.75, 3.05) is 21.3 Å². The van der Waals surface area contributed by atoms with Crippen molar-refractivity contribution in [1.29, 1.82) is 0 Å². The Bertz CT molecular complexity index is 1180. The molecule has 1 heterocycles. The van der Waals surface area contributed by atoms with Crippen LogP contribution in [0.25, 0.3) is 11.5 Å². The molecule has 1 unspecified atom stereocenters. The van der Waals surface area contributed by atoms with Crippen LogP contribution >= 0.6 is 11.6 Å². The number of methoxy groups -OCH3 is 3. The number of carbonyl (C=O) groups is 3. The predicted molar refractivity (Wildman–Crippen MR) is 124 cm³/mol. The lowest BCUT2D eigenvalue weighted by Gasteiger charge is -2.32. The molecule has 1 aliphatic heterocycles. The zero-order valence-corrected chi connectivity index (χ0v) is 19.7. The van der Waals surface area contributed by atoms with E-state index in [0.29, 0.717) is 33.2 Å². The molecule has 0 amide bonds. The fourth-order valence-corrected chi connectivity index (χ4v) is 4.85. The minimum absolute atomic E-state index is 0.129. The second-order valence-electron chi connectivity index (χ2n) is 8.17. The summed E-state index contributed by atoms with van der Waals surface area (Å²) in [5, 5.41) is 0.540. The molecule has 0 N–H and O–H groups in total. The van der Waals surface area contributed by atoms with Gasteiger partial charge in [-0.2, -0.15) is 0 Å². The first kappa shape index (κ1) is 23.6. The van der Waals surface area contributed by atoms with Gasteiger partial charge in [0.2, 0.25) is 0 Å². The van der Waals surface area contributed by atoms with Crippen molar-refractivity contribution >= 4 is 41.0 Å². The fraction of sp³-hybridized carbons (Fsp3) is 0.269. The van der Waals surface area contributed by atoms with Gasteiger partial charge < -0.3 is 18.9 Å². The normalized spacial score (nSPS) is 20.5. The monoisotopic (exact) mass is 482 g/mol. The number of esters is 3. The third-order valence-corrected chi connectivity index (χ3v) is 6.58. The summed E-state index contributed by atoms with van der Waals surface area (Å²) in [6, 6.07) is 16.1. The summed E-state index contributed by atoms with van der Waals surface area (Å²) in [5.41, 5.74) is -1.43. The largest absolute Gasteiger partial charge is 0.468 e. The highest BCUT2D eigenvalue weighted by atomic mass is 35.5. The van der Waals surface area contributed by atoms with Crippen LogP contribution in [0.1, 0.15) is 24.0 Å². The van der Waals surface area contributed by atoms with Gasteiger partial charge in [0, 0.05) is 22.6 Å². The minimum Gasteiger partial charge on any atom is -0.468 e. The quantitative estimate of drug-likeness (QED) is 0.354. The van der Waals surface area contributed by atoms with Crippen LogP contribution in [-0.4, -0.2) is 39.2 Å². The molecule has 2 aliphatic rings. The zero-order chi connectivity index (χ0) is 24.5. The third-order valence-electron chi connectivity index (χ3n) is 6.33. The Balaban J connectivity index is 2.02. The van der Waals surface area contributed by atoms with Crippen LogP contribution < -0.4 is 0 Å². The van der Waals surface area contributed by atoms with E-state index in [-0.39, 0.29) is 12.8 Å². The van der Waals surface area contributed by atoms with Crippen LogP contribution in [0.15, 0.2) is 66.2 Å². The molecule has 1 aliphatic carbocycles. The van der Waals surface area contributed by atoms with Gasteiger partial charge >= 0.3 is 17.9 Å². The summed E-state index contributed by atoms with van der Waals surface area (Å²) in [6.45, 7) is 0. The van der Waals surface area contributed by atoms with Gasteiger partial charge in [0.25, 0.3) is 0 Å². The van der Waals surface area contributed by atoms with E-state index in [2.05, 4.69) is 0 Å². The molecule has 0 saturated heterocycles. The molecule has 0 radical (unpaired) electrons. The number of carbonyl (C=O) groups excluding carboxylic acids is 3. The van der Waals surface area contributed by atoms with E-state index >= 15 is 0 Å². The van der Waals surface area contributed by atoms with Gasteiger partial charge in [-0.3, -0.25) is 14.4 Å². The standard InChI is InChI=1S/C26H23ClO7/c1-31-22(28)25-14-20(16-9-11-18(27)12-10-16)34-21(17-7-5-4-6-8-17)19(25)13-26(15-25,23(29)32-2)24(30)33-3/h4-12,14H,13,15H2,1-3H3. The molecular formula is C26H23ClO7. The summed E-state index contributed by atoms with van der Waals surface area (Å²) in [7, 11) is 3.65. The molecule has 1 atom stereocenters. The van der Waals surface area contributed by atoms with E-state index in [4.69, 9.17) is 30.5 Å². The van der Waals surface area contributed by atoms with Crippen molar-refractivity contribution in [2.24, 2.45) is 10.8 Å². The van der Waals surface area contributed by atoms with Crippen LogP contribution in [0.4, 0.5) is 0 Å². The number of benzene rings is 2. The van der Waals surface area contributed by atoms with Crippen molar-refractivity contribution in [3.63, 3.8) is 0 Å². The molecule has 0 bridgehead atoms. The Morgan fingerprint density at radius 2 is 1.41 bits per heavy atom. The second-order valence-corrected chi connectivity index (χ2v) is 8.61. The Kier molecular flexibility index (Phi) is 6.23. The summed E-state index contributed by atoms with van der Waals surface area (Å²) in [4.78, 5) is 39.4. The molecule has 7 nitrogen and oxygen atoms in total. The van der Waals surface area contributed by atoms with Crippen molar-refractivity contribution in [2.45, 2.75) is 12.8 Å². The van der Waals surface area contributed by atoms with Gasteiger partial charge in [0.1, 0.15) is 16.9 Å². The number of halogens is 1. The molecule has 176 valence electrons. The van der Waals surface area contributed by atoms with Crippen LogP contribution in [0.2, 0.25) is 5.02 Å². The van der Waals surface area contributed by atoms with Crippen molar-refractivity contribution in [1.82, 2.24) is 0 Å². The average Bonchev–Trinajstić information content (AvgIpc) is 3.25. The smallest absolute Gasteiger partial charge is 0.323 e. The number of hydrogen-bond acceptors (Lipinski definition) is 7. The zero-order valence-electron chi connectivity index (χ0n) is 18.9. The van der Waals surface area contributed by atoms with E-state index in [0.717, 1.165) is 0 Å². The van der Waals surface area contributed by atoms with E-state index in [1.807, 2.05) is 30.3 Å². The highest BCUT2D eigenvalue weighted by Crippen LogP contribution is 2.60. The molecule has 1 saturated carbocycles. The molecule has 2 aromatic carbocycles. The minimum atomic E-state index is -1.75. The first-order valence-corrected chi connectivity index (χ1v) is 10.9. The molecule has 0 spiro atoms. The maximum Gasteiger partial charge on any atom is 0.323 e. The Hall–Kier alpha value is -3.58. The predicted octanol–water partition coefficient (Wildman–Crippen LogP) is 4.41. The van der Waals surface area contributed by atoms with Gasteiger partial charge in [-0.1, -0.05) is 41.9 Å². The van der Waals surface area contributed by atoms with E-state index in [1.54, 1.807) is 30.3 Å². The fourth-order valence-electron chi connectivity index (χ4n) is 4.73. The van der Waals surface area contributed by atoms with Gasteiger partial charge in [-0.05, 0) is 42.3 Å². The van der Waals surface area contributed by atoms with Crippen molar-refractivity contribution < 1.29 is 33.3 Å². The second kappa shape index (κ2) is 8.99. The molecule has 0 aromatic heterocycles. The lowest BCUT2D eigenvalue weighted by Crippen LogP contribution is -2.41. The summed E-state index contributed by atoms with van der Waals surface area (Å²) in [6.07, 6.45) is 1.26. The summed E-state index contributed by atoms with van der Waals surface area (Å²) >= 11 is 6.06. The van der Waals surface area contributed by atoms with Gasteiger partial charge in [0.15, 0.2) is 5.41 Å². The first-order valence-electron chi connectivity index (χ1n) is 10.5. The Morgan fingerprint density at radius 1 is 0.824 bits per heavy atom. The molecule has 34 heavy (non-hydrogen) atoms. The molecule has 8 heteroatoms. The van der Waals surface area contributed by atoms with E-state index < -0.39 is 28.7 Å². The van der Waals surface area contributed by atoms with Crippen LogP contribution in [-0.2, 0) is 33.3 Å². The van der Waals surface area contributed by atoms with Crippen molar-refractivity contribution in [3.05, 3.63) is 82.4 Å². The maximum atomic E-state index is 13.4. The van der Waals surface area contributed by atoms with E-state index in [9.17, 15) is 14.4 Å². The SMILES string of the molecule is COC(=O)C12C=C(c3ccc(Cl)cc3)OC(c3ccccc3)=C1CC(C(=O)OC)(C(=O)OC)C2. The molecular weight excluding hydrogens is 460 g/mol. The average molecular weight is 483 g/mol. The molecule has 1 fully saturated rings. The number of fused-ring (bicyclic) bond motifs is 1. The van der Waals surface area contributed by atoms with Crippen LogP contribution in [0, 0.1) is 10.8 Å². The number of hydrogen-bond donors (Lipinski definition) is 0. The topological polar surface area (TPSA) is 88.1 Å². The number of ether oxygens (including phenoxy) is 4. The highest BCUT2D eigenvalue weighted by molar-refractivity contribution is 6.30.